The summed E-state index contributed by atoms with van der Waals surface area (Å²) in [6.07, 6.45) is 1.78. The molecule has 0 fully saturated rings. The van der Waals surface area contributed by atoms with Crippen LogP contribution in [0.25, 0.3) is 0 Å². The van der Waals surface area contributed by atoms with Gasteiger partial charge in [0.25, 0.3) is 0 Å². The molecule has 0 spiro atoms. The molecule has 1 heterocycles. The average Bonchev–Trinajstić information content (AvgIpc) is 2.04. The number of hydrogen-bond acceptors (Lipinski definition) is 4. The van der Waals surface area contributed by atoms with Crippen LogP contribution in [0.1, 0.15) is 12.6 Å². The molecule has 0 saturated carbocycles. The SMILES string of the molecule is CCNc1nccc(CN(C)C)n1. The van der Waals surface area contributed by atoms with Crippen LogP contribution in [0, 0.1) is 0 Å². The van der Waals surface area contributed by atoms with E-state index >= 15 is 0 Å². The lowest BCUT2D eigenvalue weighted by Gasteiger charge is -2.09. The molecule has 0 atom stereocenters. The average molecular weight is 180 g/mol. The van der Waals surface area contributed by atoms with Crippen LogP contribution in [0.15, 0.2) is 12.3 Å². The first-order valence-corrected chi connectivity index (χ1v) is 4.43. The highest BCUT2D eigenvalue weighted by atomic mass is 15.1. The molecule has 72 valence electrons. The van der Waals surface area contributed by atoms with Gasteiger partial charge in [0.15, 0.2) is 0 Å². The highest BCUT2D eigenvalue weighted by Gasteiger charge is 1.98. The maximum Gasteiger partial charge on any atom is 0.222 e. The van der Waals surface area contributed by atoms with Crippen LogP contribution in [0.4, 0.5) is 5.95 Å². The van der Waals surface area contributed by atoms with Gasteiger partial charge in [0, 0.05) is 19.3 Å². The summed E-state index contributed by atoms with van der Waals surface area (Å²) in [4.78, 5) is 10.5. The van der Waals surface area contributed by atoms with E-state index in [1.165, 1.54) is 0 Å². The Kier molecular flexibility index (Phi) is 3.64. The Labute approximate surface area is 79.0 Å². The quantitative estimate of drug-likeness (QED) is 0.749. The molecule has 0 unspecified atom stereocenters. The van der Waals surface area contributed by atoms with Gasteiger partial charge in [0.2, 0.25) is 5.95 Å². The number of nitrogens with one attached hydrogen (secondary N) is 1. The van der Waals surface area contributed by atoms with Crippen LogP contribution in [0.5, 0.6) is 0 Å². The topological polar surface area (TPSA) is 41.1 Å². The number of nitrogens with zero attached hydrogens (tertiary/aromatic N) is 3. The minimum absolute atomic E-state index is 0.710. The molecule has 0 aliphatic rings. The number of anilines is 1. The van der Waals surface area contributed by atoms with E-state index < -0.39 is 0 Å². The molecule has 0 aromatic carbocycles. The van der Waals surface area contributed by atoms with E-state index in [2.05, 4.69) is 20.2 Å². The predicted octanol–water partition coefficient (Wildman–Crippen LogP) is 0.970. The fourth-order valence-corrected chi connectivity index (χ4v) is 1.05. The van der Waals surface area contributed by atoms with Crippen molar-refractivity contribution < 1.29 is 0 Å². The van der Waals surface area contributed by atoms with Crippen molar-refractivity contribution in [1.82, 2.24) is 14.9 Å². The van der Waals surface area contributed by atoms with Gasteiger partial charge in [-0.05, 0) is 27.1 Å². The Morgan fingerprint density at radius 1 is 1.46 bits per heavy atom. The van der Waals surface area contributed by atoms with Crippen molar-refractivity contribution in [3.05, 3.63) is 18.0 Å². The maximum atomic E-state index is 4.34. The third-order valence-corrected chi connectivity index (χ3v) is 1.53. The van der Waals surface area contributed by atoms with Crippen molar-refractivity contribution in [1.29, 1.82) is 0 Å². The first-order valence-electron chi connectivity index (χ1n) is 4.43. The fraction of sp³-hybridized carbons (Fsp3) is 0.556. The van der Waals surface area contributed by atoms with Crippen molar-refractivity contribution in [2.45, 2.75) is 13.5 Å². The van der Waals surface area contributed by atoms with Gasteiger partial charge in [-0.3, -0.25) is 0 Å². The zero-order valence-corrected chi connectivity index (χ0v) is 8.41. The summed E-state index contributed by atoms with van der Waals surface area (Å²) in [5.41, 5.74) is 1.04. The number of hydrogen-bond donors (Lipinski definition) is 1. The van der Waals surface area contributed by atoms with Crippen molar-refractivity contribution >= 4 is 5.95 Å². The largest absolute Gasteiger partial charge is 0.354 e. The molecule has 0 aliphatic carbocycles. The van der Waals surface area contributed by atoms with Crippen molar-refractivity contribution in [3.63, 3.8) is 0 Å². The van der Waals surface area contributed by atoms with Gasteiger partial charge in [0.05, 0.1) is 5.69 Å². The molecule has 0 amide bonds. The van der Waals surface area contributed by atoms with E-state index in [4.69, 9.17) is 0 Å². The van der Waals surface area contributed by atoms with Crippen molar-refractivity contribution in [2.24, 2.45) is 0 Å². The first-order chi connectivity index (χ1) is 6.22. The van der Waals surface area contributed by atoms with Gasteiger partial charge in [-0.25, -0.2) is 9.97 Å². The lowest BCUT2D eigenvalue weighted by Crippen LogP contribution is -2.13. The van der Waals surface area contributed by atoms with E-state index in [0.717, 1.165) is 18.8 Å². The molecule has 4 heteroatoms. The lowest BCUT2D eigenvalue weighted by molar-refractivity contribution is 0.397. The molecule has 13 heavy (non-hydrogen) atoms. The molecule has 1 rings (SSSR count). The molecular formula is C9H16N4. The van der Waals surface area contributed by atoms with Crippen LogP contribution in [0.3, 0.4) is 0 Å². The smallest absolute Gasteiger partial charge is 0.222 e. The minimum atomic E-state index is 0.710. The summed E-state index contributed by atoms with van der Waals surface area (Å²) < 4.78 is 0. The van der Waals surface area contributed by atoms with Gasteiger partial charge >= 0.3 is 0 Å². The Morgan fingerprint density at radius 3 is 2.85 bits per heavy atom. The van der Waals surface area contributed by atoms with E-state index in [1.807, 2.05) is 27.1 Å². The highest BCUT2D eigenvalue weighted by molar-refractivity contribution is 5.24. The molecule has 1 aromatic rings. The molecule has 0 bridgehead atoms. The fourth-order valence-electron chi connectivity index (χ4n) is 1.05. The third-order valence-electron chi connectivity index (χ3n) is 1.53. The Bertz CT molecular complexity index is 260. The summed E-state index contributed by atoms with van der Waals surface area (Å²) in [6, 6.07) is 1.93. The second-order valence-corrected chi connectivity index (χ2v) is 3.14. The predicted molar refractivity (Wildman–Crippen MR) is 53.6 cm³/mol. The number of aromatic nitrogens is 2. The van der Waals surface area contributed by atoms with E-state index in [1.54, 1.807) is 6.20 Å². The first kappa shape index (κ1) is 9.92. The Balaban J connectivity index is 2.67. The summed E-state index contributed by atoms with van der Waals surface area (Å²) in [6.45, 7) is 3.73. The number of rotatable bonds is 4. The van der Waals surface area contributed by atoms with Gasteiger partial charge in [-0.15, -0.1) is 0 Å². The Morgan fingerprint density at radius 2 is 2.23 bits per heavy atom. The zero-order valence-electron chi connectivity index (χ0n) is 8.41. The highest BCUT2D eigenvalue weighted by Crippen LogP contribution is 2.01. The standard InChI is InChI=1S/C9H16N4/c1-4-10-9-11-6-5-8(12-9)7-13(2)3/h5-6H,4,7H2,1-3H3,(H,10,11,12). The molecular weight excluding hydrogens is 164 g/mol. The van der Waals surface area contributed by atoms with Gasteiger partial charge < -0.3 is 10.2 Å². The summed E-state index contributed by atoms with van der Waals surface area (Å²) in [5, 5.41) is 3.08. The van der Waals surface area contributed by atoms with Crippen LogP contribution < -0.4 is 5.32 Å². The van der Waals surface area contributed by atoms with Gasteiger partial charge in [-0.1, -0.05) is 0 Å². The molecule has 1 N–H and O–H groups in total. The third kappa shape index (κ3) is 3.38. The summed E-state index contributed by atoms with van der Waals surface area (Å²) in [5.74, 6) is 0.710. The molecule has 0 aliphatic heterocycles. The lowest BCUT2D eigenvalue weighted by atomic mass is 10.4. The van der Waals surface area contributed by atoms with Crippen LogP contribution in [0.2, 0.25) is 0 Å². The molecule has 0 radical (unpaired) electrons. The van der Waals surface area contributed by atoms with Gasteiger partial charge in [0.1, 0.15) is 0 Å². The van der Waals surface area contributed by atoms with E-state index in [0.29, 0.717) is 5.95 Å². The summed E-state index contributed by atoms with van der Waals surface area (Å²) >= 11 is 0. The second kappa shape index (κ2) is 4.77. The monoisotopic (exact) mass is 180 g/mol. The molecule has 1 aromatic heterocycles. The zero-order chi connectivity index (χ0) is 9.68. The van der Waals surface area contributed by atoms with Crippen LogP contribution >= 0.6 is 0 Å². The molecule has 0 saturated heterocycles. The van der Waals surface area contributed by atoms with Crippen LogP contribution in [-0.4, -0.2) is 35.5 Å². The molecule has 4 nitrogen and oxygen atoms in total. The second-order valence-electron chi connectivity index (χ2n) is 3.14. The maximum absolute atomic E-state index is 4.34. The van der Waals surface area contributed by atoms with Crippen molar-refractivity contribution in [3.8, 4) is 0 Å². The van der Waals surface area contributed by atoms with Crippen molar-refractivity contribution in [2.75, 3.05) is 26.0 Å². The van der Waals surface area contributed by atoms with E-state index in [-0.39, 0.29) is 0 Å². The Hall–Kier alpha value is -1.16. The van der Waals surface area contributed by atoms with E-state index in [9.17, 15) is 0 Å². The minimum Gasteiger partial charge on any atom is -0.354 e. The summed E-state index contributed by atoms with van der Waals surface area (Å²) in [7, 11) is 4.05. The van der Waals surface area contributed by atoms with Crippen LogP contribution in [-0.2, 0) is 6.54 Å². The normalized spacial score (nSPS) is 10.5. The van der Waals surface area contributed by atoms with Gasteiger partial charge in [-0.2, -0.15) is 0 Å².